The summed E-state index contributed by atoms with van der Waals surface area (Å²) in [7, 11) is -3.54. The minimum atomic E-state index is -3.54. The molecular formula is C24H23N3O3S2. The number of hydrogen-bond donors (Lipinski definition) is 1. The Labute approximate surface area is 190 Å². The smallest absolute Gasteiger partial charge is 0.257 e. The molecule has 1 fully saturated rings. The van der Waals surface area contributed by atoms with Crippen molar-refractivity contribution >= 4 is 53.4 Å². The number of rotatable bonds is 4. The van der Waals surface area contributed by atoms with Gasteiger partial charge in [0.1, 0.15) is 0 Å². The van der Waals surface area contributed by atoms with Gasteiger partial charge in [-0.1, -0.05) is 48.6 Å². The number of amides is 1. The van der Waals surface area contributed by atoms with Gasteiger partial charge in [-0.15, -0.1) is 0 Å². The number of fused-ring (bicyclic) bond motifs is 3. The van der Waals surface area contributed by atoms with E-state index in [9.17, 15) is 13.2 Å². The topological polar surface area (TPSA) is 79.4 Å². The van der Waals surface area contributed by atoms with Crippen LogP contribution >= 0.6 is 11.3 Å². The molecule has 1 saturated heterocycles. The van der Waals surface area contributed by atoms with E-state index >= 15 is 0 Å². The zero-order chi connectivity index (χ0) is 22.3. The highest BCUT2D eigenvalue weighted by molar-refractivity contribution is 7.89. The average molecular weight is 466 g/mol. The second-order valence-corrected chi connectivity index (χ2v) is 11.2. The molecule has 1 aromatic heterocycles. The lowest BCUT2D eigenvalue weighted by atomic mass is 10.0. The Hall–Kier alpha value is -2.81. The van der Waals surface area contributed by atoms with Gasteiger partial charge in [0.15, 0.2) is 5.13 Å². The van der Waals surface area contributed by atoms with Crippen LogP contribution < -0.4 is 5.32 Å². The Balaban J connectivity index is 1.35. The first-order valence-electron chi connectivity index (χ1n) is 10.6. The van der Waals surface area contributed by atoms with Crippen molar-refractivity contribution in [3.8, 4) is 0 Å². The summed E-state index contributed by atoms with van der Waals surface area (Å²) in [6.07, 6.45) is 1.92. The van der Waals surface area contributed by atoms with Gasteiger partial charge in [-0.25, -0.2) is 13.4 Å². The highest BCUT2D eigenvalue weighted by Gasteiger charge is 2.28. The molecule has 0 saturated carbocycles. The summed E-state index contributed by atoms with van der Waals surface area (Å²) in [6, 6.07) is 18.2. The molecule has 0 radical (unpaired) electrons. The SMILES string of the molecule is CC1CCCN(S(=O)(=O)c2ccc(C(=O)Nc3nc4c(ccc5ccccc54)s3)cc2)C1. The van der Waals surface area contributed by atoms with Gasteiger partial charge in [0.05, 0.1) is 15.1 Å². The van der Waals surface area contributed by atoms with Gasteiger partial charge in [-0.05, 0) is 54.5 Å². The van der Waals surface area contributed by atoms with Crippen LogP contribution in [0.2, 0.25) is 0 Å². The van der Waals surface area contributed by atoms with Crippen LogP contribution in [0.4, 0.5) is 5.13 Å². The predicted molar refractivity (Wildman–Crippen MR) is 129 cm³/mol. The molecule has 1 N–H and O–H groups in total. The van der Waals surface area contributed by atoms with Crippen molar-refractivity contribution in [1.29, 1.82) is 0 Å². The molecule has 3 aromatic carbocycles. The minimum Gasteiger partial charge on any atom is -0.298 e. The molecule has 2 heterocycles. The van der Waals surface area contributed by atoms with Gasteiger partial charge in [0, 0.05) is 24.0 Å². The van der Waals surface area contributed by atoms with Gasteiger partial charge in [-0.3, -0.25) is 10.1 Å². The Morgan fingerprint density at radius 2 is 1.88 bits per heavy atom. The number of hydrogen-bond acceptors (Lipinski definition) is 5. The Kier molecular flexibility index (Phi) is 5.44. The quantitative estimate of drug-likeness (QED) is 0.454. The molecule has 8 heteroatoms. The van der Waals surface area contributed by atoms with Crippen LogP contribution in [0.1, 0.15) is 30.1 Å². The Bertz CT molecular complexity index is 1410. The van der Waals surface area contributed by atoms with Crippen molar-refractivity contribution in [1.82, 2.24) is 9.29 Å². The van der Waals surface area contributed by atoms with Crippen molar-refractivity contribution in [2.24, 2.45) is 5.92 Å². The second kappa shape index (κ2) is 8.27. The van der Waals surface area contributed by atoms with Crippen LogP contribution in [0, 0.1) is 5.92 Å². The molecule has 1 amide bonds. The van der Waals surface area contributed by atoms with Gasteiger partial charge in [-0.2, -0.15) is 4.31 Å². The Morgan fingerprint density at radius 1 is 1.09 bits per heavy atom. The fraction of sp³-hybridized carbons (Fsp3) is 0.250. The summed E-state index contributed by atoms with van der Waals surface area (Å²) >= 11 is 1.42. The molecule has 1 unspecified atom stereocenters. The molecule has 0 bridgehead atoms. The number of benzene rings is 3. The normalized spacial score (nSPS) is 17.6. The third-order valence-electron chi connectivity index (χ3n) is 5.88. The molecule has 1 aliphatic heterocycles. The zero-order valence-corrected chi connectivity index (χ0v) is 19.2. The van der Waals surface area contributed by atoms with Crippen LogP contribution in [0.5, 0.6) is 0 Å². The summed E-state index contributed by atoms with van der Waals surface area (Å²) in [5.74, 6) is 0.0402. The van der Waals surface area contributed by atoms with E-state index in [4.69, 9.17) is 0 Å². The first kappa shape index (κ1) is 21.1. The van der Waals surface area contributed by atoms with E-state index < -0.39 is 10.0 Å². The van der Waals surface area contributed by atoms with E-state index in [1.54, 1.807) is 16.4 Å². The molecule has 6 nitrogen and oxygen atoms in total. The van der Waals surface area contributed by atoms with Crippen molar-refractivity contribution in [3.05, 3.63) is 66.2 Å². The summed E-state index contributed by atoms with van der Waals surface area (Å²) in [5, 5.41) is 5.51. The number of piperidine rings is 1. The fourth-order valence-electron chi connectivity index (χ4n) is 4.18. The van der Waals surface area contributed by atoms with E-state index in [-0.39, 0.29) is 10.8 Å². The van der Waals surface area contributed by atoms with E-state index in [1.165, 1.54) is 23.5 Å². The largest absolute Gasteiger partial charge is 0.298 e. The standard InChI is InChI=1S/C24H23N3O3S2/c1-16-5-4-14-27(15-16)32(29,30)19-11-8-18(9-12-19)23(28)26-24-25-22-20-7-3-2-6-17(20)10-13-21(22)31-24/h2-3,6-13,16H,4-5,14-15H2,1H3,(H,25,26,28). The van der Waals surface area contributed by atoms with Crippen LogP contribution in [0.3, 0.4) is 0 Å². The first-order chi connectivity index (χ1) is 15.4. The van der Waals surface area contributed by atoms with Crippen molar-refractivity contribution in [2.75, 3.05) is 18.4 Å². The van der Waals surface area contributed by atoms with E-state index in [0.717, 1.165) is 33.8 Å². The maximum Gasteiger partial charge on any atom is 0.257 e. The number of anilines is 1. The van der Waals surface area contributed by atoms with E-state index in [0.29, 0.717) is 29.7 Å². The molecular weight excluding hydrogens is 442 g/mol. The highest BCUT2D eigenvalue weighted by atomic mass is 32.2. The summed E-state index contributed by atoms with van der Waals surface area (Å²) in [4.78, 5) is 17.6. The molecule has 32 heavy (non-hydrogen) atoms. The molecule has 5 rings (SSSR count). The van der Waals surface area contributed by atoms with Crippen LogP contribution in [0.25, 0.3) is 21.0 Å². The number of thiazole rings is 1. The molecule has 0 aliphatic carbocycles. The van der Waals surface area contributed by atoms with Crippen LogP contribution in [-0.2, 0) is 10.0 Å². The fourth-order valence-corrected chi connectivity index (χ4v) is 6.65. The summed E-state index contributed by atoms with van der Waals surface area (Å²) in [5.41, 5.74) is 1.25. The maximum atomic E-state index is 12.9. The number of nitrogens with one attached hydrogen (secondary N) is 1. The number of carbonyl (C=O) groups excluding carboxylic acids is 1. The summed E-state index contributed by atoms with van der Waals surface area (Å²) < 4.78 is 28.4. The monoisotopic (exact) mass is 465 g/mol. The molecule has 1 atom stereocenters. The van der Waals surface area contributed by atoms with Crippen LogP contribution in [0.15, 0.2) is 65.6 Å². The lowest BCUT2D eigenvalue weighted by Crippen LogP contribution is -2.39. The molecule has 0 spiro atoms. The third kappa shape index (κ3) is 3.90. The minimum absolute atomic E-state index is 0.217. The molecule has 1 aliphatic rings. The number of nitrogens with zero attached hydrogens (tertiary/aromatic N) is 2. The van der Waals surface area contributed by atoms with Gasteiger partial charge < -0.3 is 0 Å². The number of carbonyl (C=O) groups is 1. The van der Waals surface area contributed by atoms with Gasteiger partial charge in [0.25, 0.3) is 5.91 Å². The third-order valence-corrected chi connectivity index (χ3v) is 8.69. The van der Waals surface area contributed by atoms with Crippen LogP contribution in [-0.4, -0.2) is 36.7 Å². The van der Waals surface area contributed by atoms with Gasteiger partial charge in [0.2, 0.25) is 10.0 Å². The van der Waals surface area contributed by atoms with Crippen molar-refractivity contribution in [3.63, 3.8) is 0 Å². The number of sulfonamides is 1. The average Bonchev–Trinajstić information content (AvgIpc) is 3.22. The molecule has 164 valence electrons. The number of aromatic nitrogens is 1. The second-order valence-electron chi connectivity index (χ2n) is 8.24. The van der Waals surface area contributed by atoms with Crippen molar-refractivity contribution in [2.45, 2.75) is 24.7 Å². The maximum absolute atomic E-state index is 12.9. The molecule has 4 aromatic rings. The van der Waals surface area contributed by atoms with Gasteiger partial charge >= 0.3 is 0 Å². The zero-order valence-electron chi connectivity index (χ0n) is 17.6. The van der Waals surface area contributed by atoms with E-state index in [1.807, 2.05) is 36.4 Å². The lowest BCUT2D eigenvalue weighted by Gasteiger charge is -2.30. The highest BCUT2D eigenvalue weighted by Crippen LogP contribution is 2.32. The lowest BCUT2D eigenvalue weighted by molar-refractivity contribution is 0.102. The van der Waals surface area contributed by atoms with E-state index in [2.05, 4.69) is 17.2 Å². The first-order valence-corrected chi connectivity index (χ1v) is 12.9. The van der Waals surface area contributed by atoms with Crippen molar-refractivity contribution < 1.29 is 13.2 Å². The summed E-state index contributed by atoms with van der Waals surface area (Å²) in [6.45, 7) is 3.15. The Morgan fingerprint density at radius 3 is 2.66 bits per heavy atom. The predicted octanol–water partition coefficient (Wildman–Crippen LogP) is 5.12.